The van der Waals surface area contributed by atoms with Gasteiger partial charge in [0.05, 0.1) is 17.7 Å². The third kappa shape index (κ3) is 4.74. The topological polar surface area (TPSA) is 54.4 Å². The van der Waals surface area contributed by atoms with Crippen molar-refractivity contribution in [3.8, 4) is 0 Å². The van der Waals surface area contributed by atoms with Gasteiger partial charge >= 0.3 is 0 Å². The Hall–Kier alpha value is -2.01. The Bertz CT molecular complexity index is 694. The molecule has 0 saturated carbocycles. The molecule has 0 bridgehead atoms. The van der Waals surface area contributed by atoms with Crippen molar-refractivity contribution in [3.63, 3.8) is 0 Å². The van der Waals surface area contributed by atoms with Gasteiger partial charge in [-0.3, -0.25) is 9.79 Å². The number of thiazole rings is 1. The van der Waals surface area contributed by atoms with Crippen LogP contribution in [0.2, 0.25) is 0 Å². The van der Waals surface area contributed by atoms with Crippen molar-refractivity contribution in [2.45, 2.75) is 39.7 Å². The number of benzene rings is 1. The van der Waals surface area contributed by atoms with Crippen molar-refractivity contribution < 1.29 is 4.79 Å². The molecule has 128 valence electrons. The van der Waals surface area contributed by atoms with E-state index in [4.69, 9.17) is 0 Å². The van der Waals surface area contributed by atoms with Gasteiger partial charge in [-0.2, -0.15) is 0 Å². The lowest BCUT2D eigenvalue weighted by molar-refractivity contribution is -0.123. The van der Waals surface area contributed by atoms with Gasteiger partial charge in [0.2, 0.25) is 5.91 Å². The van der Waals surface area contributed by atoms with Crippen LogP contribution in [0, 0.1) is 5.92 Å². The molecular formula is C19H25N3OS. The van der Waals surface area contributed by atoms with Crippen LogP contribution in [-0.4, -0.2) is 23.7 Å². The van der Waals surface area contributed by atoms with Crippen LogP contribution in [0.1, 0.15) is 43.1 Å². The number of aryl methyl sites for hydroxylation is 1. The fourth-order valence-corrected chi connectivity index (χ4v) is 3.40. The summed E-state index contributed by atoms with van der Waals surface area (Å²) in [5, 5.41) is 6.10. The first kappa shape index (κ1) is 18.3. The van der Waals surface area contributed by atoms with E-state index in [1.165, 1.54) is 0 Å². The van der Waals surface area contributed by atoms with E-state index in [1.807, 2.05) is 44.2 Å². The Labute approximate surface area is 148 Å². The van der Waals surface area contributed by atoms with E-state index >= 15 is 0 Å². The van der Waals surface area contributed by atoms with Gasteiger partial charge in [0.25, 0.3) is 0 Å². The highest BCUT2D eigenvalue weighted by molar-refractivity contribution is 7.09. The molecule has 2 atom stereocenters. The number of aromatic nitrogens is 1. The van der Waals surface area contributed by atoms with Gasteiger partial charge in [0, 0.05) is 18.1 Å². The second-order valence-corrected chi connectivity index (χ2v) is 6.76. The average molecular weight is 343 g/mol. The van der Waals surface area contributed by atoms with E-state index in [0.717, 1.165) is 28.4 Å². The minimum Gasteiger partial charge on any atom is -0.347 e. The molecule has 0 saturated heterocycles. The second-order valence-electron chi connectivity index (χ2n) is 5.87. The summed E-state index contributed by atoms with van der Waals surface area (Å²) in [4.78, 5) is 21.6. The zero-order chi connectivity index (χ0) is 17.5. The minimum absolute atomic E-state index is 0.00250. The van der Waals surface area contributed by atoms with Crippen LogP contribution in [0.15, 0.2) is 40.7 Å². The van der Waals surface area contributed by atoms with Crippen LogP contribution in [-0.2, 0) is 17.6 Å². The molecule has 4 nitrogen and oxygen atoms in total. The van der Waals surface area contributed by atoms with Gasteiger partial charge in [0.1, 0.15) is 5.01 Å². The highest BCUT2D eigenvalue weighted by Crippen LogP contribution is 2.20. The summed E-state index contributed by atoms with van der Waals surface area (Å²) < 4.78 is 0. The summed E-state index contributed by atoms with van der Waals surface area (Å²) in [6.07, 6.45) is 1.57. The second kappa shape index (κ2) is 8.73. The molecule has 1 aromatic heterocycles. The molecule has 2 aromatic rings. The lowest BCUT2D eigenvalue weighted by Gasteiger charge is -2.19. The summed E-state index contributed by atoms with van der Waals surface area (Å²) in [5.74, 6) is -0.256. The normalized spacial score (nSPS) is 14.2. The zero-order valence-electron chi connectivity index (χ0n) is 14.7. The van der Waals surface area contributed by atoms with Crippen LogP contribution in [0.3, 0.4) is 0 Å². The smallest absolute Gasteiger partial charge is 0.229 e. The molecule has 1 N–H and O–H groups in total. The number of carbonyl (C=O) groups excluding carboxylic acids is 1. The highest BCUT2D eigenvalue weighted by atomic mass is 32.1. The van der Waals surface area contributed by atoms with Crippen LogP contribution < -0.4 is 5.32 Å². The predicted octanol–water partition coefficient (Wildman–Crippen LogP) is 3.83. The molecule has 1 heterocycles. The lowest BCUT2D eigenvalue weighted by atomic mass is 9.94. The van der Waals surface area contributed by atoms with Crippen LogP contribution in [0.4, 0.5) is 0 Å². The number of carbonyl (C=O) groups is 1. The first-order valence-corrected chi connectivity index (χ1v) is 9.15. The molecule has 0 fully saturated rings. The molecule has 24 heavy (non-hydrogen) atoms. The molecule has 0 aliphatic heterocycles. The van der Waals surface area contributed by atoms with Crippen molar-refractivity contribution in [3.05, 3.63) is 52.0 Å². The van der Waals surface area contributed by atoms with Gasteiger partial charge in [0.15, 0.2) is 0 Å². The molecular weight excluding hydrogens is 318 g/mol. The molecule has 0 aliphatic carbocycles. The Kier molecular flexibility index (Phi) is 6.67. The van der Waals surface area contributed by atoms with E-state index in [2.05, 4.69) is 27.6 Å². The third-order valence-corrected chi connectivity index (χ3v) is 5.19. The number of rotatable bonds is 7. The molecule has 0 spiro atoms. The summed E-state index contributed by atoms with van der Waals surface area (Å²) >= 11 is 1.60. The predicted molar refractivity (Wildman–Crippen MR) is 101 cm³/mol. The van der Waals surface area contributed by atoms with Gasteiger partial charge in [-0.05, 0) is 32.3 Å². The van der Waals surface area contributed by atoms with E-state index in [9.17, 15) is 4.79 Å². The first-order valence-electron chi connectivity index (χ1n) is 8.27. The largest absolute Gasteiger partial charge is 0.347 e. The van der Waals surface area contributed by atoms with E-state index in [1.54, 1.807) is 18.4 Å². The number of nitrogens with zero attached hydrogens (tertiary/aromatic N) is 2. The number of nitrogens with one attached hydrogen (secondary N) is 1. The van der Waals surface area contributed by atoms with Gasteiger partial charge in [-0.1, -0.05) is 37.3 Å². The molecule has 5 heteroatoms. The van der Waals surface area contributed by atoms with Gasteiger partial charge in [-0.25, -0.2) is 4.98 Å². The average Bonchev–Trinajstić information content (AvgIpc) is 3.09. The van der Waals surface area contributed by atoms with E-state index < -0.39 is 0 Å². The van der Waals surface area contributed by atoms with Crippen molar-refractivity contribution >= 4 is 23.0 Å². The Morgan fingerprint density at radius 1 is 1.33 bits per heavy atom. The molecule has 2 unspecified atom stereocenters. The van der Waals surface area contributed by atoms with E-state index in [-0.39, 0.29) is 17.9 Å². The number of amides is 1. The van der Waals surface area contributed by atoms with Crippen molar-refractivity contribution in [1.82, 2.24) is 10.3 Å². The van der Waals surface area contributed by atoms with Crippen LogP contribution in [0.25, 0.3) is 0 Å². The van der Waals surface area contributed by atoms with Crippen molar-refractivity contribution in [2.75, 3.05) is 7.05 Å². The standard InChI is InChI=1S/C19H25N3OS/c1-5-16-12-24-19(22-16)14(3)21-18(23)17(13(2)20-4)11-15-9-7-6-8-10-15/h6-10,12,14,17H,5,11H2,1-4H3,(H,21,23). The summed E-state index contributed by atoms with van der Waals surface area (Å²) in [6, 6.07) is 9.96. The molecule has 0 aliphatic rings. The summed E-state index contributed by atoms with van der Waals surface area (Å²) in [7, 11) is 1.73. The number of aliphatic imine (C=N–C) groups is 1. The quantitative estimate of drug-likeness (QED) is 0.777. The number of hydrogen-bond donors (Lipinski definition) is 1. The first-order chi connectivity index (χ1) is 11.5. The maximum absolute atomic E-state index is 12.8. The minimum atomic E-state index is -0.259. The van der Waals surface area contributed by atoms with Crippen molar-refractivity contribution in [1.29, 1.82) is 0 Å². The van der Waals surface area contributed by atoms with Crippen LogP contribution >= 0.6 is 11.3 Å². The zero-order valence-corrected chi connectivity index (χ0v) is 15.6. The fraction of sp³-hybridized carbons (Fsp3) is 0.421. The Balaban J connectivity index is 2.09. The lowest BCUT2D eigenvalue weighted by Crippen LogP contribution is -2.37. The van der Waals surface area contributed by atoms with E-state index in [0.29, 0.717) is 6.42 Å². The Morgan fingerprint density at radius 3 is 2.62 bits per heavy atom. The third-order valence-electron chi connectivity index (χ3n) is 4.12. The maximum Gasteiger partial charge on any atom is 0.229 e. The van der Waals surface area contributed by atoms with Gasteiger partial charge in [-0.15, -0.1) is 11.3 Å². The van der Waals surface area contributed by atoms with Crippen LogP contribution in [0.5, 0.6) is 0 Å². The van der Waals surface area contributed by atoms with Gasteiger partial charge < -0.3 is 5.32 Å². The molecule has 1 amide bonds. The number of hydrogen-bond acceptors (Lipinski definition) is 4. The monoisotopic (exact) mass is 343 g/mol. The summed E-state index contributed by atoms with van der Waals surface area (Å²) in [5.41, 5.74) is 3.05. The van der Waals surface area contributed by atoms with Crippen molar-refractivity contribution in [2.24, 2.45) is 10.9 Å². The molecule has 1 aromatic carbocycles. The SMILES string of the molecule is CCc1csc(C(C)NC(=O)C(Cc2ccccc2)C(C)=NC)n1. The molecule has 2 rings (SSSR count). The Morgan fingerprint density at radius 2 is 2.04 bits per heavy atom. The highest BCUT2D eigenvalue weighted by Gasteiger charge is 2.24. The maximum atomic E-state index is 12.8. The fourth-order valence-electron chi connectivity index (χ4n) is 2.50. The molecule has 0 radical (unpaired) electrons. The summed E-state index contributed by atoms with van der Waals surface area (Å²) in [6.45, 7) is 5.98.